The van der Waals surface area contributed by atoms with Crippen molar-refractivity contribution >= 4 is 0 Å². The predicted molar refractivity (Wildman–Crippen MR) is 133 cm³/mol. The van der Waals surface area contributed by atoms with E-state index in [4.69, 9.17) is 0 Å². The van der Waals surface area contributed by atoms with Crippen LogP contribution in [0.15, 0.2) is 11.6 Å². The van der Waals surface area contributed by atoms with Crippen molar-refractivity contribution in [3.63, 3.8) is 0 Å². The van der Waals surface area contributed by atoms with Crippen molar-refractivity contribution in [2.75, 3.05) is 0 Å². The van der Waals surface area contributed by atoms with Crippen LogP contribution in [-0.2, 0) is 0 Å². The fourth-order valence-corrected chi connectivity index (χ4v) is 9.71. The molecule has 1 N–H and O–H groups in total. The highest BCUT2D eigenvalue weighted by Crippen LogP contribution is 2.67. The molecule has 0 amide bonds. The van der Waals surface area contributed by atoms with Crippen molar-refractivity contribution in [3.8, 4) is 0 Å². The van der Waals surface area contributed by atoms with Gasteiger partial charge in [-0.05, 0) is 116 Å². The number of fused-ring (bicyclic) bond motifs is 5. The van der Waals surface area contributed by atoms with Crippen LogP contribution in [0.4, 0.5) is 0 Å². The van der Waals surface area contributed by atoms with Gasteiger partial charge >= 0.3 is 0 Å². The van der Waals surface area contributed by atoms with E-state index in [1.807, 2.05) is 0 Å². The number of hydrogen-bond donors (Lipinski definition) is 1. The molecule has 0 aliphatic heterocycles. The zero-order chi connectivity index (χ0) is 22.6. The maximum absolute atomic E-state index is 10.3. The van der Waals surface area contributed by atoms with Gasteiger partial charge < -0.3 is 5.11 Å². The lowest BCUT2D eigenvalue weighted by Gasteiger charge is -2.58. The molecule has 4 aliphatic carbocycles. The summed E-state index contributed by atoms with van der Waals surface area (Å²) in [6.45, 7) is 17.6. The number of rotatable bonds is 6. The standard InChI is InChI=1S/C30H52O/c1-19(2)24(20(3)4)10-8-21(5)26-12-13-27-25-11-9-22-18-23(31)14-16-29(22,6)28(25)15-17-30(26,27)7/h9,19-21,23-28,31H,8,10-18H2,1-7H3/t21-,23+,25+,26+,27+,28+,29+,30-/m1/s1. The Hall–Kier alpha value is -0.300. The minimum absolute atomic E-state index is 0.0815. The molecule has 0 spiro atoms. The van der Waals surface area contributed by atoms with Gasteiger partial charge in [0.15, 0.2) is 0 Å². The fourth-order valence-electron chi connectivity index (χ4n) is 9.71. The molecular formula is C30H52O. The van der Waals surface area contributed by atoms with Gasteiger partial charge in [-0.2, -0.15) is 0 Å². The Morgan fingerprint density at radius 1 is 0.903 bits per heavy atom. The van der Waals surface area contributed by atoms with Crippen LogP contribution in [0.3, 0.4) is 0 Å². The van der Waals surface area contributed by atoms with Crippen LogP contribution in [0, 0.1) is 58.2 Å². The lowest BCUT2D eigenvalue weighted by molar-refractivity contribution is -0.0576. The molecule has 0 saturated heterocycles. The molecule has 0 aromatic rings. The third-order valence-corrected chi connectivity index (χ3v) is 11.5. The summed E-state index contributed by atoms with van der Waals surface area (Å²) in [4.78, 5) is 0. The first-order chi connectivity index (χ1) is 14.6. The highest BCUT2D eigenvalue weighted by Gasteiger charge is 2.59. The van der Waals surface area contributed by atoms with Crippen molar-refractivity contribution in [2.24, 2.45) is 58.2 Å². The number of hydrogen-bond acceptors (Lipinski definition) is 1. The van der Waals surface area contributed by atoms with E-state index in [-0.39, 0.29) is 6.10 Å². The summed E-state index contributed by atoms with van der Waals surface area (Å²) in [7, 11) is 0. The molecule has 3 saturated carbocycles. The van der Waals surface area contributed by atoms with Gasteiger partial charge in [-0.1, -0.05) is 66.5 Å². The number of allylic oxidation sites excluding steroid dienone is 1. The van der Waals surface area contributed by atoms with E-state index < -0.39 is 0 Å². The Balaban J connectivity index is 1.47. The van der Waals surface area contributed by atoms with Gasteiger partial charge in [-0.25, -0.2) is 0 Å². The molecular weight excluding hydrogens is 376 g/mol. The second-order valence-electron chi connectivity index (χ2n) is 13.6. The van der Waals surface area contributed by atoms with Crippen LogP contribution in [0.25, 0.3) is 0 Å². The number of aliphatic hydroxyl groups excluding tert-OH is 1. The minimum Gasteiger partial charge on any atom is -0.393 e. The summed E-state index contributed by atoms with van der Waals surface area (Å²) >= 11 is 0. The smallest absolute Gasteiger partial charge is 0.0577 e. The van der Waals surface area contributed by atoms with Crippen LogP contribution in [0.2, 0.25) is 0 Å². The van der Waals surface area contributed by atoms with Gasteiger partial charge in [-0.3, -0.25) is 0 Å². The number of aliphatic hydroxyl groups is 1. The van der Waals surface area contributed by atoms with E-state index >= 15 is 0 Å². The summed E-state index contributed by atoms with van der Waals surface area (Å²) < 4.78 is 0. The molecule has 178 valence electrons. The largest absolute Gasteiger partial charge is 0.393 e. The van der Waals surface area contributed by atoms with Gasteiger partial charge in [-0.15, -0.1) is 0 Å². The van der Waals surface area contributed by atoms with Gasteiger partial charge in [0, 0.05) is 0 Å². The summed E-state index contributed by atoms with van der Waals surface area (Å²) in [5.41, 5.74) is 2.57. The normalized spacial score (nSPS) is 43.6. The second kappa shape index (κ2) is 8.81. The maximum atomic E-state index is 10.3. The van der Waals surface area contributed by atoms with Crippen molar-refractivity contribution < 1.29 is 5.11 Å². The average molecular weight is 429 g/mol. The Kier molecular flexibility index (Phi) is 6.78. The van der Waals surface area contributed by atoms with E-state index in [1.165, 1.54) is 51.4 Å². The lowest BCUT2D eigenvalue weighted by atomic mass is 9.47. The predicted octanol–water partition coefficient (Wildman–Crippen LogP) is 8.27. The Bertz CT molecular complexity index is 653. The summed E-state index contributed by atoms with van der Waals surface area (Å²) in [5.74, 6) is 7.03. The van der Waals surface area contributed by atoms with Crippen molar-refractivity contribution in [1.82, 2.24) is 0 Å². The summed E-state index contributed by atoms with van der Waals surface area (Å²) in [6, 6.07) is 0. The van der Waals surface area contributed by atoms with Crippen LogP contribution >= 0.6 is 0 Å². The molecule has 0 bridgehead atoms. The molecule has 3 fully saturated rings. The van der Waals surface area contributed by atoms with Crippen LogP contribution in [0.1, 0.15) is 113 Å². The summed E-state index contributed by atoms with van der Waals surface area (Å²) in [6.07, 6.45) is 15.7. The topological polar surface area (TPSA) is 20.2 Å². The molecule has 4 aliphatic rings. The maximum Gasteiger partial charge on any atom is 0.0577 e. The minimum atomic E-state index is -0.0815. The fraction of sp³-hybridized carbons (Fsp3) is 0.933. The van der Waals surface area contributed by atoms with Gasteiger partial charge in [0.2, 0.25) is 0 Å². The van der Waals surface area contributed by atoms with Gasteiger partial charge in [0.1, 0.15) is 0 Å². The van der Waals surface area contributed by atoms with E-state index in [0.29, 0.717) is 10.8 Å². The van der Waals surface area contributed by atoms with Crippen LogP contribution in [0.5, 0.6) is 0 Å². The third-order valence-electron chi connectivity index (χ3n) is 11.5. The first-order valence-electron chi connectivity index (χ1n) is 14.0. The second-order valence-corrected chi connectivity index (χ2v) is 13.6. The molecule has 0 aromatic carbocycles. The Labute approximate surface area is 193 Å². The van der Waals surface area contributed by atoms with E-state index in [2.05, 4.69) is 54.5 Å². The molecule has 0 radical (unpaired) electrons. The molecule has 4 rings (SSSR count). The highest BCUT2D eigenvalue weighted by molar-refractivity contribution is 5.25. The van der Waals surface area contributed by atoms with Gasteiger partial charge in [0.05, 0.1) is 6.10 Å². The Morgan fingerprint density at radius 2 is 1.61 bits per heavy atom. The average Bonchev–Trinajstić information content (AvgIpc) is 3.05. The molecule has 0 aromatic heterocycles. The van der Waals surface area contributed by atoms with E-state index in [1.54, 1.807) is 5.57 Å². The van der Waals surface area contributed by atoms with Crippen molar-refractivity contribution in [2.45, 2.75) is 119 Å². The molecule has 0 unspecified atom stereocenters. The Morgan fingerprint density at radius 3 is 2.29 bits per heavy atom. The molecule has 31 heavy (non-hydrogen) atoms. The van der Waals surface area contributed by atoms with E-state index in [0.717, 1.165) is 60.2 Å². The quantitative estimate of drug-likeness (QED) is 0.422. The molecule has 1 nitrogen and oxygen atoms in total. The first-order valence-corrected chi connectivity index (χ1v) is 14.0. The molecule has 1 heteroatoms. The SMILES string of the molecule is CC(C)C(CC[C@@H](C)[C@@H]1CC[C@H]2[C@@H]3CC=C4C[C@@H](O)CC[C@]4(C)[C@H]3CC[C@@]21C)C(C)C. The zero-order valence-electron chi connectivity index (χ0n) is 21.8. The third kappa shape index (κ3) is 4.08. The van der Waals surface area contributed by atoms with Crippen molar-refractivity contribution in [1.29, 1.82) is 0 Å². The summed E-state index contributed by atoms with van der Waals surface area (Å²) in [5, 5.41) is 10.3. The van der Waals surface area contributed by atoms with Crippen molar-refractivity contribution in [3.05, 3.63) is 11.6 Å². The van der Waals surface area contributed by atoms with Crippen LogP contribution < -0.4 is 0 Å². The zero-order valence-corrected chi connectivity index (χ0v) is 21.8. The monoisotopic (exact) mass is 428 g/mol. The first kappa shape index (κ1) is 23.8. The lowest BCUT2D eigenvalue weighted by Crippen LogP contribution is -2.50. The van der Waals surface area contributed by atoms with Crippen LogP contribution in [-0.4, -0.2) is 11.2 Å². The van der Waals surface area contributed by atoms with E-state index in [9.17, 15) is 5.11 Å². The molecule has 0 heterocycles. The molecule has 8 atom stereocenters. The highest BCUT2D eigenvalue weighted by atomic mass is 16.3. The van der Waals surface area contributed by atoms with Gasteiger partial charge in [0.25, 0.3) is 0 Å².